The molecule has 7 heteroatoms. The third kappa shape index (κ3) is 3.09. The van der Waals surface area contributed by atoms with Gasteiger partial charge in [0.05, 0.1) is 13.7 Å². The van der Waals surface area contributed by atoms with Gasteiger partial charge in [-0.1, -0.05) is 13.0 Å². The summed E-state index contributed by atoms with van der Waals surface area (Å²) >= 11 is 0. The minimum absolute atomic E-state index is 0.0126. The Morgan fingerprint density at radius 3 is 2.84 bits per heavy atom. The van der Waals surface area contributed by atoms with Crippen molar-refractivity contribution in [3.8, 4) is 11.5 Å². The molecule has 0 saturated heterocycles. The fourth-order valence-electron chi connectivity index (χ4n) is 3.04. The van der Waals surface area contributed by atoms with Gasteiger partial charge in [0.25, 0.3) is 0 Å². The number of benzene rings is 1. The molecule has 3 rings (SSSR count). The molecule has 25 heavy (non-hydrogen) atoms. The molecule has 2 aromatic rings. The summed E-state index contributed by atoms with van der Waals surface area (Å²) in [6.45, 7) is 6.10. The molecule has 7 nitrogen and oxygen atoms in total. The maximum atomic E-state index is 12.3. The number of hydrogen-bond acceptors (Lipinski definition) is 6. The fourth-order valence-corrected chi connectivity index (χ4v) is 3.04. The van der Waals surface area contributed by atoms with Crippen molar-refractivity contribution in [1.82, 2.24) is 14.8 Å². The highest BCUT2D eigenvalue weighted by atomic mass is 16.5. The topological polar surface area (TPSA) is 78.3 Å². The lowest BCUT2D eigenvalue weighted by atomic mass is 9.93. The molecule has 0 radical (unpaired) electrons. The highest BCUT2D eigenvalue weighted by Gasteiger charge is 2.32. The van der Waals surface area contributed by atoms with Gasteiger partial charge in [0.15, 0.2) is 17.3 Å². The number of carbonyl (C=O) groups is 1. The van der Waals surface area contributed by atoms with Gasteiger partial charge in [0, 0.05) is 11.3 Å². The molecule has 1 atom stereocenters. The van der Waals surface area contributed by atoms with Gasteiger partial charge in [-0.3, -0.25) is 4.79 Å². The highest BCUT2D eigenvalue weighted by Crippen LogP contribution is 2.38. The second kappa shape index (κ2) is 6.96. The number of anilines is 1. The fraction of sp³-hybridized carbons (Fsp3) is 0.389. The molecule has 0 fully saturated rings. The summed E-state index contributed by atoms with van der Waals surface area (Å²) in [5, 5.41) is 7.42. The summed E-state index contributed by atoms with van der Waals surface area (Å²) in [7, 11) is 1.61. The first kappa shape index (κ1) is 17.0. The van der Waals surface area contributed by atoms with Crippen LogP contribution in [0.2, 0.25) is 0 Å². The zero-order valence-electron chi connectivity index (χ0n) is 14.9. The molecule has 0 spiro atoms. The zero-order chi connectivity index (χ0) is 18.0. The minimum atomic E-state index is -0.356. The van der Waals surface area contributed by atoms with E-state index >= 15 is 0 Å². The van der Waals surface area contributed by atoms with Crippen molar-refractivity contribution in [3.63, 3.8) is 0 Å². The summed E-state index contributed by atoms with van der Waals surface area (Å²) in [6, 6.07) is 5.34. The molecule has 0 amide bonds. The van der Waals surface area contributed by atoms with E-state index in [4.69, 9.17) is 9.47 Å². The third-order valence-corrected chi connectivity index (χ3v) is 4.14. The van der Waals surface area contributed by atoms with E-state index < -0.39 is 0 Å². The van der Waals surface area contributed by atoms with Gasteiger partial charge in [-0.15, -0.1) is 0 Å². The Kier molecular flexibility index (Phi) is 4.74. The van der Waals surface area contributed by atoms with Gasteiger partial charge >= 0.3 is 0 Å². The zero-order valence-corrected chi connectivity index (χ0v) is 14.9. The highest BCUT2D eigenvalue weighted by molar-refractivity contribution is 5.96. The van der Waals surface area contributed by atoms with Crippen molar-refractivity contribution in [2.75, 3.05) is 19.0 Å². The predicted molar refractivity (Wildman–Crippen MR) is 93.9 cm³/mol. The third-order valence-electron chi connectivity index (χ3n) is 4.14. The normalized spacial score (nSPS) is 16.2. The van der Waals surface area contributed by atoms with Crippen LogP contribution in [0.3, 0.4) is 0 Å². The quantitative estimate of drug-likeness (QED) is 0.869. The van der Waals surface area contributed by atoms with E-state index in [-0.39, 0.29) is 11.8 Å². The summed E-state index contributed by atoms with van der Waals surface area (Å²) in [4.78, 5) is 16.5. The number of ketones is 1. The number of carbonyl (C=O) groups excluding carboxylic acids is 1. The van der Waals surface area contributed by atoms with Crippen LogP contribution in [0.25, 0.3) is 0 Å². The number of Topliss-reactive ketones (excluding diaryl/α,β-unsaturated/α-hetero) is 1. The van der Waals surface area contributed by atoms with Crippen molar-refractivity contribution >= 4 is 11.7 Å². The summed E-state index contributed by atoms with van der Waals surface area (Å²) < 4.78 is 12.9. The minimum Gasteiger partial charge on any atom is -0.493 e. The molecule has 1 aromatic carbocycles. The van der Waals surface area contributed by atoms with Crippen LogP contribution in [0.1, 0.15) is 38.8 Å². The molecule has 132 valence electrons. The van der Waals surface area contributed by atoms with Crippen LogP contribution in [-0.2, 0) is 4.79 Å². The maximum Gasteiger partial charge on any atom is 0.226 e. The summed E-state index contributed by atoms with van der Waals surface area (Å²) in [5.41, 5.74) is 2.32. The van der Waals surface area contributed by atoms with Gasteiger partial charge in [-0.25, -0.2) is 4.68 Å². The van der Waals surface area contributed by atoms with E-state index in [2.05, 4.69) is 22.3 Å². The number of nitrogens with one attached hydrogen (secondary N) is 1. The van der Waals surface area contributed by atoms with Gasteiger partial charge in [0.2, 0.25) is 5.95 Å². The van der Waals surface area contributed by atoms with E-state index in [1.807, 2.05) is 25.1 Å². The number of allylic oxidation sites excluding steroid dienone is 2. The molecular formula is C18H22N4O3. The summed E-state index contributed by atoms with van der Waals surface area (Å²) in [5.74, 6) is 1.91. The van der Waals surface area contributed by atoms with E-state index in [1.54, 1.807) is 18.7 Å². The average molecular weight is 342 g/mol. The van der Waals surface area contributed by atoms with Gasteiger partial charge in [-0.05, 0) is 38.0 Å². The molecule has 0 aliphatic carbocycles. The lowest BCUT2D eigenvalue weighted by Crippen LogP contribution is -2.27. The Balaban J connectivity index is 2.09. The Labute approximate surface area is 146 Å². The lowest BCUT2D eigenvalue weighted by molar-refractivity contribution is -0.114. The first-order valence-electron chi connectivity index (χ1n) is 8.25. The van der Waals surface area contributed by atoms with Gasteiger partial charge < -0.3 is 14.8 Å². The molecule has 1 aliphatic rings. The summed E-state index contributed by atoms with van der Waals surface area (Å²) in [6.07, 6.45) is 2.39. The number of ether oxygens (including phenoxy) is 2. The van der Waals surface area contributed by atoms with E-state index in [1.165, 1.54) is 6.33 Å². The number of rotatable bonds is 6. The molecule has 0 bridgehead atoms. The molecule has 1 aliphatic heterocycles. The average Bonchev–Trinajstić information content (AvgIpc) is 3.06. The molecule has 0 unspecified atom stereocenters. The van der Waals surface area contributed by atoms with Crippen LogP contribution in [0.5, 0.6) is 11.5 Å². The van der Waals surface area contributed by atoms with Crippen LogP contribution in [-0.4, -0.2) is 34.3 Å². The second-order valence-corrected chi connectivity index (χ2v) is 5.91. The standard InChI is InChI=1S/C18H22N4O3/c1-5-8-25-14-7-6-13(9-15(14)24-4)17-16(12(3)23)11(2)21-18-19-10-20-22(17)18/h6-7,9-10,17H,5,8H2,1-4H3,(H,19,20,21)/t17-/m0/s1. The van der Waals surface area contributed by atoms with Crippen LogP contribution < -0.4 is 14.8 Å². The van der Waals surface area contributed by atoms with Crippen LogP contribution >= 0.6 is 0 Å². The SMILES string of the molecule is CCCOc1ccc([C@H]2C(C(C)=O)=C(C)Nc3ncnn32)cc1OC. The Hall–Kier alpha value is -2.83. The first-order chi connectivity index (χ1) is 12.1. The monoisotopic (exact) mass is 342 g/mol. The first-order valence-corrected chi connectivity index (χ1v) is 8.25. The largest absolute Gasteiger partial charge is 0.493 e. The van der Waals surface area contributed by atoms with E-state index in [0.717, 1.165) is 17.7 Å². The molecule has 2 heterocycles. The second-order valence-electron chi connectivity index (χ2n) is 5.91. The molecule has 1 aromatic heterocycles. The number of hydrogen-bond donors (Lipinski definition) is 1. The van der Waals surface area contributed by atoms with E-state index in [9.17, 15) is 4.79 Å². The molecule has 1 N–H and O–H groups in total. The molecular weight excluding hydrogens is 320 g/mol. The Morgan fingerprint density at radius 1 is 1.36 bits per heavy atom. The Bertz CT molecular complexity index is 825. The Morgan fingerprint density at radius 2 is 2.16 bits per heavy atom. The van der Waals surface area contributed by atoms with Crippen LogP contribution in [0.4, 0.5) is 5.95 Å². The van der Waals surface area contributed by atoms with Crippen LogP contribution in [0.15, 0.2) is 35.8 Å². The van der Waals surface area contributed by atoms with Crippen molar-refractivity contribution in [3.05, 3.63) is 41.4 Å². The van der Waals surface area contributed by atoms with Gasteiger partial charge in [0.1, 0.15) is 12.4 Å². The van der Waals surface area contributed by atoms with Crippen molar-refractivity contribution in [2.45, 2.75) is 33.2 Å². The number of aromatic nitrogens is 3. The number of fused-ring (bicyclic) bond motifs is 1. The van der Waals surface area contributed by atoms with Crippen molar-refractivity contribution in [1.29, 1.82) is 0 Å². The number of methoxy groups -OCH3 is 1. The van der Waals surface area contributed by atoms with Crippen molar-refractivity contribution < 1.29 is 14.3 Å². The lowest BCUT2D eigenvalue weighted by Gasteiger charge is -2.28. The smallest absolute Gasteiger partial charge is 0.226 e. The van der Waals surface area contributed by atoms with Crippen molar-refractivity contribution in [2.24, 2.45) is 0 Å². The van der Waals surface area contributed by atoms with Crippen LogP contribution in [0, 0.1) is 0 Å². The molecule has 0 saturated carbocycles. The predicted octanol–water partition coefficient (Wildman–Crippen LogP) is 2.95. The van der Waals surface area contributed by atoms with E-state index in [0.29, 0.717) is 29.6 Å². The number of nitrogens with zero attached hydrogens (tertiary/aromatic N) is 3. The van der Waals surface area contributed by atoms with Gasteiger partial charge in [-0.2, -0.15) is 10.1 Å². The maximum absolute atomic E-state index is 12.3.